The molecule has 7 heteroatoms. The van der Waals surface area contributed by atoms with E-state index in [0.29, 0.717) is 11.3 Å². The predicted molar refractivity (Wildman–Crippen MR) is 112 cm³/mol. The number of likely N-dealkylation sites (tertiary alicyclic amines) is 1. The third-order valence-corrected chi connectivity index (χ3v) is 6.28. The minimum absolute atomic E-state index is 0.00222. The lowest BCUT2D eigenvalue weighted by Crippen LogP contribution is -2.57. The lowest BCUT2D eigenvalue weighted by atomic mass is 9.95. The first kappa shape index (κ1) is 19.7. The average Bonchev–Trinajstić information content (AvgIpc) is 2.76. The van der Waals surface area contributed by atoms with Crippen molar-refractivity contribution in [3.63, 3.8) is 0 Å². The van der Waals surface area contributed by atoms with Gasteiger partial charge in [0.15, 0.2) is 0 Å². The van der Waals surface area contributed by atoms with E-state index in [9.17, 15) is 14.4 Å². The second-order valence-corrected chi connectivity index (χ2v) is 8.47. The Morgan fingerprint density at radius 1 is 1.00 bits per heavy atom. The average molecular weight is 399 g/mol. The van der Waals surface area contributed by atoms with E-state index >= 15 is 0 Å². The van der Waals surface area contributed by atoms with Crippen LogP contribution in [0.15, 0.2) is 18.2 Å². The SMILES string of the molecule is CN(C)C(=O)c1ccc2c(c1)N(CC(=O)N1CCCCC1)C(=O)C1CCCCN21. The molecule has 156 valence electrons. The van der Waals surface area contributed by atoms with Crippen LogP contribution < -0.4 is 9.80 Å². The summed E-state index contributed by atoms with van der Waals surface area (Å²) in [4.78, 5) is 46.0. The molecule has 7 nitrogen and oxygen atoms in total. The van der Waals surface area contributed by atoms with Gasteiger partial charge in [-0.3, -0.25) is 19.3 Å². The number of benzene rings is 1. The van der Waals surface area contributed by atoms with Gasteiger partial charge in [-0.25, -0.2) is 0 Å². The number of hydrogen-bond acceptors (Lipinski definition) is 4. The summed E-state index contributed by atoms with van der Waals surface area (Å²) in [5.41, 5.74) is 2.18. The Hall–Kier alpha value is -2.57. The zero-order valence-electron chi connectivity index (χ0n) is 17.4. The number of rotatable bonds is 3. The molecule has 1 aromatic rings. The molecule has 2 saturated heterocycles. The summed E-state index contributed by atoms with van der Waals surface area (Å²) in [6.07, 6.45) is 6.08. The van der Waals surface area contributed by atoms with Gasteiger partial charge in [0.25, 0.3) is 5.91 Å². The molecule has 29 heavy (non-hydrogen) atoms. The van der Waals surface area contributed by atoms with Gasteiger partial charge in [-0.15, -0.1) is 0 Å². The molecule has 0 N–H and O–H groups in total. The topological polar surface area (TPSA) is 64.2 Å². The normalized spacial score (nSPS) is 21.5. The van der Waals surface area contributed by atoms with Crippen LogP contribution in [0.3, 0.4) is 0 Å². The minimum Gasteiger partial charge on any atom is -0.358 e. The summed E-state index contributed by atoms with van der Waals surface area (Å²) < 4.78 is 0. The quantitative estimate of drug-likeness (QED) is 0.782. The molecule has 3 aliphatic rings. The molecule has 0 radical (unpaired) electrons. The fourth-order valence-corrected chi connectivity index (χ4v) is 4.69. The van der Waals surface area contributed by atoms with E-state index in [1.165, 1.54) is 4.90 Å². The van der Waals surface area contributed by atoms with Crippen molar-refractivity contribution in [3.8, 4) is 0 Å². The summed E-state index contributed by atoms with van der Waals surface area (Å²) in [6, 6.07) is 5.34. The minimum atomic E-state index is -0.208. The van der Waals surface area contributed by atoms with Crippen LogP contribution in [0.2, 0.25) is 0 Å². The van der Waals surface area contributed by atoms with Crippen LogP contribution in [0.4, 0.5) is 11.4 Å². The first-order valence-corrected chi connectivity index (χ1v) is 10.7. The van der Waals surface area contributed by atoms with E-state index in [-0.39, 0.29) is 30.3 Å². The highest BCUT2D eigenvalue weighted by Gasteiger charge is 2.40. The van der Waals surface area contributed by atoms with Gasteiger partial charge >= 0.3 is 0 Å². The third kappa shape index (κ3) is 3.70. The van der Waals surface area contributed by atoms with Gasteiger partial charge in [0.2, 0.25) is 11.8 Å². The van der Waals surface area contributed by atoms with Crippen molar-refractivity contribution in [3.05, 3.63) is 23.8 Å². The summed E-state index contributed by atoms with van der Waals surface area (Å²) in [6.45, 7) is 2.42. The van der Waals surface area contributed by atoms with Crippen LogP contribution in [0.25, 0.3) is 0 Å². The molecule has 3 aliphatic heterocycles. The van der Waals surface area contributed by atoms with Gasteiger partial charge in [-0.2, -0.15) is 0 Å². The Bertz CT molecular complexity index is 816. The molecule has 4 rings (SSSR count). The lowest BCUT2D eigenvalue weighted by Gasteiger charge is -2.45. The Kier molecular flexibility index (Phi) is 5.48. The number of fused-ring (bicyclic) bond motifs is 3. The smallest absolute Gasteiger partial charge is 0.253 e. The molecule has 0 bridgehead atoms. The molecule has 1 atom stereocenters. The van der Waals surface area contributed by atoms with E-state index in [1.54, 1.807) is 25.1 Å². The van der Waals surface area contributed by atoms with Crippen LogP contribution in [0.1, 0.15) is 48.9 Å². The summed E-state index contributed by atoms with van der Waals surface area (Å²) in [7, 11) is 3.43. The van der Waals surface area contributed by atoms with Gasteiger partial charge < -0.3 is 14.7 Å². The van der Waals surface area contributed by atoms with Crippen LogP contribution in [0.5, 0.6) is 0 Å². The van der Waals surface area contributed by atoms with Gasteiger partial charge in [0.1, 0.15) is 12.6 Å². The molecule has 3 amide bonds. The maximum Gasteiger partial charge on any atom is 0.253 e. The molecule has 0 aliphatic carbocycles. The molecule has 0 saturated carbocycles. The molecular weight excluding hydrogens is 368 g/mol. The van der Waals surface area contributed by atoms with E-state index in [1.807, 2.05) is 17.0 Å². The van der Waals surface area contributed by atoms with Crippen LogP contribution in [0, 0.1) is 0 Å². The highest BCUT2D eigenvalue weighted by molar-refractivity contribution is 6.09. The molecular formula is C22H30N4O3. The van der Waals surface area contributed by atoms with Crippen molar-refractivity contribution in [1.82, 2.24) is 9.80 Å². The first-order valence-electron chi connectivity index (χ1n) is 10.7. The van der Waals surface area contributed by atoms with E-state index < -0.39 is 0 Å². The Labute approximate surface area is 172 Å². The number of nitrogens with zero attached hydrogens (tertiary/aromatic N) is 4. The predicted octanol–water partition coefficient (Wildman–Crippen LogP) is 2.11. The molecule has 0 spiro atoms. The summed E-state index contributed by atoms with van der Waals surface area (Å²) in [5, 5.41) is 0. The fraction of sp³-hybridized carbons (Fsp3) is 0.591. The Morgan fingerprint density at radius 2 is 1.72 bits per heavy atom. The molecule has 2 fully saturated rings. The van der Waals surface area contributed by atoms with Crippen molar-refractivity contribution >= 4 is 29.1 Å². The Balaban J connectivity index is 1.69. The second kappa shape index (κ2) is 8.05. The number of piperidine rings is 2. The van der Waals surface area contributed by atoms with Crippen molar-refractivity contribution in [1.29, 1.82) is 0 Å². The number of carbonyl (C=O) groups excluding carboxylic acids is 3. The Morgan fingerprint density at radius 3 is 2.45 bits per heavy atom. The van der Waals surface area contributed by atoms with E-state index in [4.69, 9.17) is 0 Å². The van der Waals surface area contributed by atoms with Crippen molar-refractivity contribution < 1.29 is 14.4 Å². The van der Waals surface area contributed by atoms with Gasteiger partial charge in [0.05, 0.1) is 11.4 Å². The van der Waals surface area contributed by atoms with Gasteiger partial charge in [-0.05, 0) is 56.7 Å². The third-order valence-electron chi connectivity index (χ3n) is 6.28. The van der Waals surface area contributed by atoms with E-state index in [2.05, 4.69) is 4.90 Å². The molecule has 1 aromatic carbocycles. The first-order chi connectivity index (χ1) is 14.0. The van der Waals surface area contributed by atoms with Crippen molar-refractivity contribution in [2.24, 2.45) is 0 Å². The number of anilines is 2. The molecule has 3 heterocycles. The fourth-order valence-electron chi connectivity index (χ4n) is 4.69. The largest absolute Gasteiger partial charge is 0.358 e. The van der Waals surface area contributed by atoms with Crippen LogP contribution in [-0.2, 0) is 9.59 Å². The number of hydrogen-bond donors (Lipinski definition) is 0. The van der Waals surface area contributed by atoms with Crippen LogP contribution in [-0.4, -0.2) is 73.8 Å². The number of carbonyl (C=O) groups is 3. The lowest BCUT2D eigenvalue weighted by molar-refractivity contribution is -0.132. The van der Waals surface area contributed by atoms with E-state index in [0.717, 1.165) is 63.8 Å². The summed E-state index contributed by atoms with van der Waals surface area (Å²) >= 11 is 0. The number of amides is 3. The summed E-state index contributed by atoms with van der Waals surface area (Å²) in [5.74, 6) is -0.127. The van der Waals surface area contributed by atoms with Gasteiger partial charge in [0, 0.05) is 39.3 Å². The molecule has 0 aromatic heterocycles. The van der Waals surface area contributed by atoms with Crippen molar-refractivity contribution in [2.75, 3.05) is 50.1 Å². The standard InChI is InChI=1S/C22H30N4O3/c1-23(2)21(28)16-9-10-17-19(14-16)26(15-20(27)24-11-5-3-6-12-24)22(29)18-8-4-7-13-25(17)18/h9-10,14,18H,3-8,11-13,15H2,1-2H3. The van der Waals surface area contributed by atoms with Crippen LogP contribution >= 0.6 is 0 Å². The maximum absolute atomic E-state index is 13.4. The maximum atomic E-state index is 13.4. The zero-order chi connectivity index (χ0) is 20.5. The highest BCUT2D eigenvalue weighted by Crippen LogP contribution is 2.40. The monoisotopic (exact) mass is 398 g/mol. The second-order valence-electron chi connectivity index (χ2n) is 8.47. The van der Waals surface area contributed by atoms with Crippen molar-refractivity contribution in [2.45, 2.75) is 44.6 Å². The molecule has 1 unspecified atom stereocenters. The van der Waals surface area contributed by atoms with Gasteiger partial charge in [-0.1, -0.05) is 0 Å². The zero-order valence-corrected chi connectivity index (χ0v) is 17.4. The highest BCUT2D eigenvalue weighted by atomic mass is 16.2.